The second kappa shape index (κ2) is 7.09. The minimum atomic E-state index is -1.13. The molecule has 2 unspecified atom stereocenters. The molecule has 0 radical (unpaired) electrons. The number of hydrogen-bond acceptors (Lipinski definition) is 5. The number of benzene rings is 1. The molecule has 0 heterocycles. The quantitative estimate of drug-likeness (QED) is 0.582. The number of nitrogens with one attached hydrogen (secondary N) is 1. The van der Waals surface area contributed by atoms with Crippen LogP contribution in [0.25, 0.3) is 0 Å². The molecule has 0 aromatic heterocycles. The van der Waals surface area contributed by atoms with Crippen LogP contribution in [0, 0.1) is 46.8 Å². The molecule has 4 fully saturated rings. The van der Waals surface area contributed by atoms with Gasteiger partial charge < -0.3 is 10.1 Å². The molecule has 4 aliphatic carbocycles. The Kier molecular flexibility index (Phi) is 4.85. The summed E-state index contributed by atoms with van der Waals surface area (Å²) in [6, 6.07) is 10.6. The minimum Gasteiger partial charge on any atom is -0.457 e. The van der Waals surface area contributed by atoms with Gasteiger partial charge in [-0.1, -0.05) is 29.8 Å². The topological polar surface area (TPSA) is 91.0 Å². The fourth-order valence-corrected chi connectivity index (χ4v) is 6.53. The van der Waals surface area contributed by atoms with Crippen LogP contribution in [0.4, 0.5) is 0 Å². The molecule has 5 nitrogen and oxygen atoms in total. The first-order valence-electron chi connectivity index (χ1n) is 10.5. The van der Waals surface area contributed by atoms with E-state index in [4.69, 9.17) is 15.4 Å². The summed E-state index contributed by atoms with van der Waals surface area (Å²) in [7, 11) is 0. The summed E-state index contributed by atoms with van der Waals surface area (Å²) in [5, 5.41) is 16.6. The van der Waals surface area contributed by atoms with E-state index in [-0.39, 0.29) is 17.1 Å². The summed E-state index contributed by atoms with van der Waals surface area (Å²) in [4.78, 5) is 25.4. The van der Waals surface area contributed by atoms with E-state index >= 15 is 0 Å². The monoisotopic (exact) mass is 392 g/mol. The van der Waals surface area contributed by atoms with Crippen molar-refractivity contribution in [1.29, 1.82) is 10.7 Å². The lowest BCUT2D eigenvalue weighted by Gasteiger charge is -2.61. The first-order valence-corrected chi connectivity index (χ1v) is 10.5. The molecule has 4 saturated carbocycles. The summed E-state index contributed by atoms with van der Waals surface area (Å²) >= 11 is 0. The van der Waals surface area contributed by atoms with Gasteiger partial charge in [0, 0.05) is 5.71 Å². The maximum absolute atomic E-state index is 13.2. The van der Waals surface area contributed by atoms with Crippen LogP contribution in [0.1, 0.15) is 56.6 Å². The molecule has 4 aliphatic rings. The zero-order valence-corrected chi connectivity index (χ0v) is 17.2. The summed E-state index contributed by atoms with van der Waals surface area (Å²) < 4.78 is 5.49. The molecule has 5 atom stereocenters. The zero-order chi connectivity index (χ0) is 20.8. The van der Waals surface area contributed by atoms with Gasteiger partial charge >= 0.3 is 5.97 Å². The zero-order valence-electron chi connectivity index (χ0n) is 17.2. The molecule has 5 heteroatoms. The average Bonchev–Trinajstić information content (AvgIpc) is 2.65. The van der Waals surface area contributed by atoms with E-state index in [1.807, 2.05) is 6.07 Å². The van der Waals surface area contributed by atoms with Gasteiger partial charge in [-0.3, -0.25) is 9.59 Å². The number of rotatable bonds is 6. The molecule has 1 aromatic carbocycles. The van der Waals surface area contributed by atoms with Crippen LogP contribution in [0.3, 0.4) is 0 Å². The second-order valence-corrected chi connectivity index (χ2v) is 9.68. The van der Waals surface area contributed by atoms with Crippen LogP contribution < -0.4 is 0 Å². The molecule has 0 saturated heterocycles. The lowest BCUT2D eigenvalue weighted by molar-refractivity contribution is -0.175. The van der Waals surface area contributed by atoms with Gasteiger partial charge in [0.1, 0.15) is 5.92 Å². The van der Waals surface area contributed by atoms with Gasteiger partial charge in [-0.15, -0.1) is 0 Å². The lowest BCUT2D eigenvalue weighted by Crippen LogP contribution is -2.57. The molecule has 0 aliphatic heterocycles. The predicted molar refractivity (Wildman–Crippen MR) is 108 cm³/mol. The number of carbonyl (C=O) groups excluding carboxylic acids is 2. The molecule has 5 rings (SSSR count). The third-order valence-corrected chi connectivity index (χ3v) is 7.39. The van der Waals surface area contributed by atoms with Crippen molar-refractivity contribution in [2.24, 2.45) is 23.2 Å². The molecule has 0 spiro atoms. The van der Waals surface area contributed by atoms with E-state index < -0.39 is 23.7 Å². The molecule has 29 heavy (non-hydrogen) atoms. The normalized spacial score (nSPS) is 33.0. The van der Waals surface area contributed by atoms with E-state index in [1.54, 1.807) is 0 Å². The largest absolute Gasteiger partial charge is 0.457 e. The maximum Gasteiger partial charge on any atom is 0.312 e. The first kappa shape index (κ1) is 19.8. The van der Waals surface area contributed by atoms with Crippen molar-refractivity contribution in [3.63, 3.8) is 0 Å². The van der Waals surface area contributed by atoms with Crippen LogP contribution in [0.15, 0.2) is 24.3 Å². The Labute approximate surface area is 171 Å². The Morgan fingerprint density at radius 2 is 1.83 bits per heavy atom. The number of carbonyl (C=O) groups is 2. The predicted octanol–water partition coefficient (Wildman–Crippen LogP) is 4.12. The Morgan fingerprint density at radius 1 is 1.21 bits per heavy atom. The number of hydrogen-bond donors (Lipinski definition) is 1. The highest BCUT2D eigenvalue weighted by Crippen LogP contribution is 2.66. The molecule has 1 N–H and O–H groups in total. The highest BCUT2D eigenvalue weighted by molar-refractivity contribution is 6.06. The Bertz CT molecular complexity index is 882. The fourth-order valence-electron chi connectivity index (χ4n) is 6.53. The number of Topliss-reactive ketones (excluding diaryl/α,β-unsaturated/α-hetero) is 1. The van der Waals surface area contributed by atoms with E-state index in [0.29, 0.717) is 11.8 Å². The number of ether oxygens (including phenoxy) is 1. The lowest BCUT2D eigenvalue weighted by atomic mass is 9.43. The van der Waals surface area contributed by atoms with Gasteiger partial charge in [0.2, 0.25) is 0 Å². The van der Waals surface area contributed by atoms with Crippen LogP contribution in [0.2, 0.25) is 0 Å². The summed E-state index contributed by atoms with van der Waals surface area (Å²) in [5.41, 5.74) is 2.06. The van der Waals surface area contributed by atoms with Crippen molar-refractivity contribution < 1.29 is 14.3 Å². The van der Waals surface area contributed by atoms with E-state index in [0.717, 1.165) is 32.1 Å². The van der Waals surface area contributed by atoms with Gasteiger partial charge in [-0.25, -0.2) is 0 Å². The van der Waals surface area contributed by atoms with E-state index in [9.17, 15) is 9.59 Å². The van der Waals surface area contributed by atoms with Crippen LogP contribution in [0.5, 0.6) is 0 Å². The van der Waals surface area contributed by atoms with Gasteiger partial charge in [-0.05, 0) is 75.2 Å². The van der Waals surface area contributed by atoms with E-state index in [2.05, 4.69) is 31.2 Å². The molecule has 0 amide bonds. The molecular weight excluding hydrogens is 364 g/mol. The van der Waals surface area contributed by atoms with Crippen molar-refractivity contribution in [2.75, 3.05) is 6.61 Å². The summed E-state index contributed by atoms with van der Waals surface area (Å²) in [5.74, 6) is -0.867. The number of nitriles is 1. The van der Waals surface area contributed by atoms with E-state index in [1.165, 1.54) is 24.5 Å². The number of ketones is 1. The third kappa shape index (κ3) is 3.39. The third-order valence-electron chi connectivity index (χ3n) is 7.39. The highest BCUT2D eigenvalue weighted by atomic mass is 16.5. The van der Waals surface area contributed by atoms with Crippen molar-refractivity contribution in [2.45, 2.75) is 57.8 Å². The smallest absolute Gasteiger partial charge is 0.312 e. The minimum absolute atomic E-state index is 0.0123. The molecule has 4 bridgehead atoms. The van der Waals surface area contributed by atoms with Crippen molar-refractivity contribution >= 4 is 17.5 Å². The molecule has 152 valence electrons. The first-order chi connectivity index (χ1) is 13.8. The van der Waals surface area contributed by atoms with Gasteiger partial charge in [-0.2, -0.15) is 5.26 Å². The summed E-state index contributed by atoms with van der Waals surface area (Å²) in [6.45, 7) is 3.10. The van der Waals surface area contributed by atoms with Crippen LogP contribution >= 0.6 is 0 Å². The highest BCUT2D eigenvalue weighted by Gasteiger charge is 2.61. The van der Waals surface area contributed by atoms with Crippen LogP contribution in [-0.4, -0.2) is 24.1 Å². The van der Waals surface area contributed by atoms with Crippen molar-refractivity contribution in [3.05, 3.63) is 35.4 Å². The average molecular weight is 392 g/mol. The van der Waals surface area contributed by atoms with Gasteiger partial charge in [0.15, 0.2) is 12.4 Å². The van der Waals surface area contributed by atoms with Crippen molar-refractivity contribution in [1.82, 2.24) is 0 Å². The molecular formula is C24H28N2O3. The maximum atomic E-state index is 13.2. The summed E-state index contributed by atoms with van der Waals surface area (Å²) in [6.07, 6.45) is 5.91. The standard InChI is InChI=1S/C24H28N2O3/c1-15-3-5-19(6-4-15)23-8-17-7-18(9-23)11-24(10-17,14-23)22(28)29-13-21(27)20(12-25)16(2)26/h3-6,17-18,20,26H,7-11,13-14H2,1-2H3/t17-,18+,20-,23?,24?/m1/s1. The van der Waals surface area contributed by atoms with Gasteiger partial charge in [0.25, 0.3) is 0 Å². The van der Waals surface area contributed by atoms with Crippen molar-refractivity contribution in [3.8, 4) is 6.07 Å². The van der Waals surface area contributed by atoms with Gasteiger partial charge in [0.05, 0.1) is 11.5 Å². The fraction of sp³-hybridized carbons (Fsp3) is 0.583. The Balaban J connectivity index is 1.54. The second-order valence-electron chi connectivity index (χ2n) is 9.68. The molecule has 1 aromatic rings. The Morgan fingerprint density at radius 3 is 2.38 bits per heavy atom. The number of aryl methyl sites for hydroxylation is 1. The number of esters is 1. The van der Waals surface area contributed by atoms with Crippen LogP contribution in [-0.2, 0) is 19.7 Å². The SMILES string of the molecule is CC(=N)[C@@H](C#N)C(=O)COC(=O)C12C[C@H]3C[C@@H](C1)CC(c1ccc(C)cc1)(C3)C2. The Hall–Kier alpha value is -2.48. The number of nitrogens with zero attached hydrogens (tertiary/aromatic N) is 1.